The Morgan fingerprint density at radius 2 is 1.44 bits per heavy atom. The van der Waals surface area contributed by atoms with Gasteiger partial charge in [0.25, 0.3) is 0 Å². The number of esters is 1. The smallest absolute Gasteiger partial charge is 0.338 e. The molecule has 5 fully saturated rings. The maximum Gasteiger partial charge on any atom is 0.338 e. The van der Waals surface area contributed by atoms with Gasteiger partial charge < -0.3 is 89.2 Å². The fraction of sp³-hybridized carbons (Fsp3) is 0.673. The molecule has 8 rings (SSSR count). The van der Waals surface area contributed by atoms with Crippen molar-refractivity contribution in [3.8, 4) is 11.3 Å². The lowest BCUT2D eigenvalue weighted by molar-refractivity contribution is -0.349. The van der Waals surface area contributed by atoms with Gasteiger partial charge in [-0.15, -0.1) is 5.10 Å². The number of carboxylic acids is 1. The lowest BCUT2D eigenvalue weighted by Crippen LogP contribution is -2.64. The van der Waals surface area contributed by atoms with Gasteiger partial charge in [0.05, 0.1) is 49.9 Å². The van der Waals surface area contributed by atoms with Crippen LogP contribution in [-0.4, -0.2) is 209 Å². The zero-order valence-electron chi connectivity index (χ0n) is 43.2. The summed E-state index contributed by atoms with van der Waals surface area (Å²) in [5, 5.41) is 108. The van der Waals surface area contributed by atoms with Crippen LogP contribution in [-0.2, 0) is 47.5 Å². The summed E-state index contributed by atoms with van der Waals surface area (Å²) in [6.45, 7) is 0.969. The van der Waals surface area contributed by atoms with E-state index in [2.05, 4.69) is 15.6 Å². The Balaban J connectivity index is 1.01. The van der Waals surface area contributed by atoms with Gasteiger partial charge in [0.1, 0.15) is 66.7 Å². The summed E-state index contributed by atoms with van der Waals surface area (Å²) < 4.78 is 91.3. The number of hydrogen-bond donors (Lipinski definition) is 10. The van der Waals surface area contributed by atoms with Crippen LogP contribution in [0.15, 0.2) is 48.7 Å². The van der Waals surface area contributed by atoms with Crippen molar-refractivity contribution in [3.63, 3.8) is 0 Å². The van der Waals surface area contributed by atoms with Crippen LogP contribution in [0.2, 0.25) is 0 Å². The minimum absolute atomic E-state index is 0.0267. The van der Waals surface area contributed by atoms with Crippen LogP contribution < -0.4 is 5.32 Å². The third-order valence-corrected chi connectivity index (χ3v) is 15.4. The van der Waals surface area contributed by atoms with Gasteiger partial charge in [-0.1, -0.05) is 62.4 Å². The first-order valence-corrected chi connectivity index (χ1v) is 26.5. The van der Waals surface area contributed by atoms with Gasteiger partial charge in [0.2, 0.25) is 5.91 Å². The maximum atomic E-state index is 14.2. The van der Waals surface area contributed by atoms with Crippen molar-refractivity contribution in [1.82, 2.24) is 20.3 Å². The molecule has 1 aromatic heterocycles. The summed E-state index contributed by atoms with van der Waals surface area (Å²) in [7, 11) is 0. The highest BCUT2D eigenvalue weighted by molar-refractivity contribution is 5.89. The highest BCUT2D eigenvalue weighted by Gasteiger charge is 2.54. The van der Waals surface area contributed by atoms with Gasteiger partial charge in [-0.05, 0) is 62.3 Å². The predicted molar refractivity (Wildman–Crippen MR) is 260 cm³/mol. The normalized spacial score (nSPS) is 35.8. The first-order chi connectivity index (χ1) is 37.8. The molecule has 5 aliphatic rings. The molecule has 3 aromatic rings. The van der Waals surface area contributed by atoms with E-state index in [0.29, 0.717) is 12.1 Å². The first-order valence-electron chi connectivity index (χ1n) is 26.5. The number of hydrogen-bond acceptors (Lipinski definition) is 21. The zero-order chi connectivity index (χ0) is 56.8. The van der Waals surface area contributed by atoms with Crippen molar-refractivity contribution in [3.05, 3.63) is 71.7 Å². The lowest BCUT2D eigenvalue weighted by atomic mass is 9.77. The Labute approximate surface area is 451 Å². The van der Waals surface area contributed by atoms with Crippen molar-refractivity contribution in [2.24, 2.45) is 17.8 Å². The number of nitrogens with zero attached hydrogens (tertiary/aromatic N) is 3. The number of amides is 1. The van der Waals surface area contributed by atoms with Crippen molar-refractivity contribution >= 4 is 17.8 Å². The van der Waals surface area contributed by atoms with Crippen molar-refractivity contribution < 1.29 is 111 Å². The molecule has 24 nitrogen and oxygen atoms in total. The molecule has 0 radical (unpaired) electrons. The predicted octanol–water partition coefficient (Wildman–Crippen LogP) is 0.232. The average molecular weight is 1130 g/mol. The van der Waals surface area contributed by atoms with E-state index in [1.807, 2.05) is 0 Å². The molecule has 0 bridgehead atoms. The average Bonchev–Trinajstić information content (AvgIpc) is 3.97. The molecule has 3 aliphatic heterocycles. The molecule has 11 unspecified atom stereocenters. The SMILES string of the molecule is CC1O[C@@H](OC2[C@H](C)CC(C(=O)NCCO[C@H]3OC(CO)[C@@H](O)C(n4cc(-c5cc(F)c(F)c(F)c5)nn4)C3O)C[C@H]2O[C@@H]2OC(CO)[C@H](O)C(O[C@@H](CC3CCCCC3)C(=O)O)C2OC(=O)c2ccccc2)C(O)C(O)[C@@H]1O. The number of aromatic nitrogens is 3. The molecule has 4 heterocycles. The number of nitrogens with one attached hydrogen (secondary N) is 1. The quantitative estimate of drug-likeness (QED) is 0.0411. The summed E-state index contributed by atoms with van der Waals surface area (Å²) in [4.78, 5) is 40.9. The number of aliphatic carboxylic acids is 1. The van der Waals surface area contributed by atoms with Gasteiger partial charge in [0.15, 0.2) is 48.5 Å². The van der Waals surface area contributed by atoms with Crippen LogP contribution in [0.25, 0.3) is 11.3 Å². The van der Waals surface area contributed by atoms with Crippen molar-refractivity contribution in [2.45, 2.75) is 176 Å². The summed E-state index contributed by atoms with van der Waals surface area (Å²) in [5.41, 5.74) is -0.304. The Morgan fingerprint density at radius 1 is 0.772 bits per heavy atom. The van der Waals surface area contributed by atoms with Crippen LogP contribution in [0, 0.1) is 35.2 Å². The number of benzene rings is 2. The van der Waals surface area contributed by atoms with Crippen LogP contribution in [0.5, 0.6) is 0 Å². The Hall–Kier alpha value is -4.82. The molecular weight excluding hydrogens is 1060 g/mol. The van der Waals surface area contributed by atoms with Crippen LogP contribution in [0.1, 0.15) is 81.6 Å². The second kappa shape index (κ2) is 26.8. The van der Waals surface area contributed by atoms with Gasteiger partial charge in [-0.2, -0.15) is 0 Å². The molecule has 1 amide bonds. The maximum absolute atomic E-state index is 14.2. The van der Waals surface area contributed by atoms with E-state index >= 15 is 0 Å². The topological polar surface area (TPSA) is 350 Å². The molecule has 27 heteroatoms. The number of carbonyl (C=O) groups excluding carboxylic acids is 2. The molecule has 0 spiro atoms. The zero-order valence-corrected chi connectivity index (χ0v) is 43.2. The van der Waals surface area contributed by atoms with Gasteiger partial charge in [-0.3, -0.25) is 4.79 Å². The second-order valence-electron chi connectivity index (χ2n) is 20.9. The van der Waals surface area contributed by atoms with Crippen LogP contribution in [0.3, 0.4) is 0 Å². The number of halogens is 3. The number of carboxylic acid groups (broad SMARTS) is 1. The van der Waals surface area contributed by atoms with Gasteiger partial charge in [-0.25, -0.2) is 27.4 Å². The van der Waals surface area contributed by atoms with E-state index in [-0.39, 0.29) is 55.2 Å². The standard InChI is InChI=1S/C52H69F3N4O20/c1-23-15-28(47(68)56-13-14-72-50-41(65)37(39(63)34(21-60)76-50)59-20-31(57-58-59)27-17-29(53)36(55)30(54)18-27)19-32(44(23)79-51-43(67)42(66)38(62)24(2)73-51)75-52-46(78-49(71)26-11-7-4-8-12-26)45(40(64)35(22-61)77-52)74-33(48(69)70)16-25-9-5-3-6-10-25/h4,7-8,11-12,17-18,20,23-25,28,32-35,37-46,50-52,60-67H,3,5-6,9-10,13-16,19,21-22H2,1-2H3,(H,56,68)(H,69,70)/t23-,24?,28?,32-,33+,34?,35?,37?,38-,39-,40+,41?,42?,43?,44?,45?,46?,50+,51+,52-/m1/s1. The number of rotatable bonds is 20. The van der Waals surface area contributed by atoms with Crippen molar-refractivity contribution in [1.29, 1.82) is 0 Å². The third kappa shape index (κ3) is 13.9. The van der Waals surface area contributed by atoms with Crippen molar-refractivity contribution in [2.75, 3.05) is 26.4 Å². The largest absolute Gasteiger partial charge is 0.479 e. The molecule has 79 heavy (non-hydrogen) atoms. The molecule has 2 aromatic carbocycles. The van der Waals surface area contributed by atoms with Crippen LogP contribution in [0.4, 0.5) is 13.2 Å². The number of ether oxygens (including phenoxy) is 8. The monoisotopic (exact) mass is 1130 g/mol. The summed E-state index contributed by atoms with van der Waals surface area (Å²) >= 11 is 0. The Bertz CT molecular complexity index is 2480. The molecule has 2 aliphatic carbocycles. The molecule has 10 N–H and O–H groups in total. The minimum Gasteiger partial charge on any atom is -0.479 e. The lowest BCUT2D eigenvalue weighted by Gasteiger charge is -2.48. The summed E-state index contributed by atoms with van der Waals surface area (Å²) in [6, 6.07) is 7.66. The fourth-order valence-corrected chi connectivity index (χ4v) is 11.1. The molecular formula is C52H69F3N4O20. The van der Waals surface area contributed by atoms with E-state index < -0.39 is 171 Å². The van der Waals surface area contributed by atoms with E-state index in [0.717, 1.165) is 43.0 Å². The second-order valence-corrected chi connectivity index (χ2v) is 20.9. The van der Waals surface area contributed by atoms with Crippen LogP contribution >= 0.6 is 0 Å². The van der Waals surface area contributed by atoms with E-state index in [4.69, 9.17) is 37.9 Å². The number of aliphatic hydroxyl groups is 8. The molecule has 2 saturated carbocycles. The van der Waals surface area contributed by atoms with E-state index in [1.165, 1.54) is 19.1 Å². The number of carbonyl (C=O) groups is 3. The van der Waals surface area contributed by atoms with Gasteiger partial charge >= 0.3 is 11.9 Å². The van der Waals surface area contributed by atoms with E-state index in [1.54, 1.807) is 25.1 Å². The Morgan fingerprint density at radius 3 is 2.11 bits per heavy atom. The molecule has 20 atom stereocenters. The number of aliphatic hydroxyl groups excluding tert-OH is 8. The summed E-state index contributed by atoms with van der Waals surface area (Å²) in [5.74, 6) is -9.16. The summed E-state index contributed by atoms with van der Waals surface area (Å²) in [6.07, 6.45) is -20.9. The third-order valence-electron chi connectivity index (χ3n) is 15.4. The van der Waals surface area contributed by atoms with E-state index in [9.17, 15) is 73.5 Å². The fourth-order valence-electron chi connectivity index (χ4n) is 11.1. The molecule has 438 valence electrons. The van der Waals surface area contributed by atoms with Gasteiger partial charge in [0, 0.05) is 18.0 Å². The molecule has 3 saturated heterocycles. The Kier molecular flexibility index (Phi) is 20.5. The highest BCUT2D eigenvalue weighted by Crippen LogP contribution is 2.40. The minimum atomic E-state index is -1.78. The highest BCUT2D eigenvalue weighted by atomic mass is 19.2. The first kappa shape index (κ1) is 60.3.